The molecule has 92 valence electrons. The minimum atomic E-state index is -0.733. The van der Waals surface area contributed by atoms with Crippen molar-refractivity contribution in [3.05, 3.63) is 12.2 Å². The van der Waals surface area contributed by atoms with Gasteiger partial charge in [-0.1, -0.05) is 13.8 Å². The van der Waals surface area contributed by atoms with Gasteiger partial charge in [0.25, 0.3) is 0 Å². The van der Waals surface area contributed by atoms with Gasteiger partial charge in [-0.25, -0.2) is 4.98 Å². The van der Waals surface area contributed by atoms with Gasteiger partial charge in [-0.15, -0.1) is 0 Å². The molecule has 0 fully saturated rings. The molecule has 0 bridgehead atoms. The molecule has 0 aliphatic carbocycles. The van der Waals surface area contributed by atoms with E-state index < -0.39 is 5.60 Å². The molecule has 1 unspecified atom stereocenters. The standard InChI is InChI=1S/C11H22N4O/c1-9(2)12-6-5-11(3,16)7-10-13-8-14-15(10)4/h8-9,12,16H,5-7H2,1-4H3. The van der Waals surface area contributed by atoms with Gasteiger partial charge in [0.2, 0.25) is 0 Å². The summed E-state index contributed by atoms with van der Waals surface area (Å²) in [5.41, 5.74) is -0.733. The SMILES string of the molecule is CC(C)NCCC(C)(O)Cc1ncnn1C. The Morgan fingerprint density at radius 1 is 1.56 bits per heavy atom. The van der Waals surface area contributed by atoms with E-state index in [1.165, 1.54) is 6.33 Å². The molecule has 1 aromatic heterocycles. The minimum absolute atomic E-state index is 0.450. The summed E-state index contributed by atoms with van der Waals surface area (Å²) in [5.74, 6) is 0.814. The lowest BCUT2D eigenvalue weighted by atomic mass is 9.97. The van der Waals surface area contributed by atoms with Gasteiger partial charge in [-0.2, -0.15) is 5.10 Å². The Morgan fingerprint density at radius 3 is 2.75 bits per heavy atom. The van der Waals surface area contributed by atoms with Crippen molar-refractivity contribution in [2.75, 3.05) is 6.54 Å². The molecule has 0 aliphatic rings. The van der Waals surface area contributed by atoms with E-state index in [1.807, 2.05) is 14.0 Å². The predicted octanol–water partition coefficient (Wildman–Crippen LogP) is 0.497. The number of hydrogen-bond donors (Lipinski definition) is 2. The highest BCUT2D eigenvalue weighted by molar-refractivity contribution is 4.92. The van der Waals surface area contributed by atoms with Crippen LogP contribution in [-0.2, 0) is 13.5 Å². The maximum Gasteiger partial charge on any atom is 0.138 e. The highest BCUT2D eigenvalue weighted by Gasteiger charge is 2.22. The Balaban J connectivity index is 2.42. The molecule has 1 rings (SSSR count). The molecule has 0 amide bonds. The van der Waals surface area contributed by atoms with E-state index in [0.29, 0.717) is 18.9 Å². The van der Waals surface area contributed by atoms with Crippen molar-refractivity contribution in [3.8, 4) is 0 Å². The number of aliphatic hydroxyl groups is 1. The van der Waals surface area contributed by atoms with Crippen LogP contribution < -0.4 is 5.32 Å². The van der Waals surface area contributed by atoms with Crippen molar-refractivity contribution in [1.29, 1.82) is 0 Å². The lowest BCUT2D eigenvalue weighted by Crippen LogP contribution is -2.35. The fourth-order valence-corrected chi connectivity index (χ4v) is 1.54. The molecule has 5 nitrogen and oxygen atoms in total. The number of nitrogens with one attached hydrogen (secondary N) is 1. The monoisotopic (exact) mass is 226 g/mol. The van der Waals surface area contributed by atoms with Gasteiger partial charge >= 0.3 is 0 Å². The number of hydrogen-bond acceptors (Lipinski definition) is 4. The van der Waals surface area contributed by atoms with Crippen molar-refractivity contribution in [2.45, 2.75) is 45.3 Å². The molecule has 16 heavy (non-hydrogen) atoms. The van der Waals surface area contributed by atoms with Crippen LogP contribution in [0.3, 0.4) is 0 Å². The number of rotatable bonds is 6. The summed E-state index contributed by atoms with van der Waals surface area (Å²) < 4.78 is 1.70. The average Bonchev–Trinajstić information content (AvgIpc) is 2.50. The highest BCUT2D eigenvalue weighted by Crippen LogP contribution is 2.14. The number of aryl methyl sites for hydroxylation is 1. The first kappa shape index (κ1) is 13.1. The van der Waals surface area contributed by atoms with Crippen LogP contribution in [0.25, 0.3) is 0 Å². The molecule has 0 spiro atoms. The zero-order chi connectivity index (χ0) is 12.2. The summed E-state index contributed by atoms with van der Waals surface area (Å²) in [4.78, 5) is 4.12. The molecule has 1 atom stereocenters. The molecule has 2 N–H and O–H groups in total. The summed E-state index contributed by atoms with van der Waals surface area (Å²) in [5, 5.41) is 17.5. The molecule has 0 aliphatic heterocycles. The van der Waals surface area contributed by atoms with Crippen molar-refractivity contribution < 1.29 is 5.11 Å². The zero-order valence-electron chi connectivity index (χ0n) is 10.6. The highest BCUT2D eigenvalue weighted by atomic mass is 16.3. The van der Waals surface area contributed by atoms with E-state index in [2.05, 4.69) is 29.2 Å². The van der Waals surface area contributed by atoms with Gasteiger partial charge < -0.3 is 10.4 Å². The van der Waals surface area contributed by atoms with Crippen molar-refractivity contribution in [3.63, 3.8) is 0 Å². The van der Waals surface area contributed by atoms with Gasteiger partial charge in [-0.05, 0) is 19.9 Å². The van der Waals surface area contributed by atoms with E-state index in [0.717, 1.165) is 12.4 Å². The second kappa shape index (κ2) is 5.41. The van der Waals surface area contributed by atoms with Crippen LogP contribution in [0, 0.1) is 0 Å². The third kappa shape index (κ3) is 4.28. The van der Waals surface area contributed by atoms with E-state index in [4.69, 9.17) is 0 Å². The van der Waals surface area contributed by atoms with Crippen LogP contribution in [0.5, 0.6) is 0 Å². The predicted molar refractivity (Wildman–Crippen MR) is 63.1 cm³/mol. The van der Waals surface area contributed by atoms with E-state index in [9.17, 15) is 5.11 Å². The van der Waals surface area contributed by atoms with Gasteiger partial charge in [-0.3, -0.25) is 4.68 Å². The first-order valence-electron chi connectivity index (χ1n) is 5.69. The Hall–Kier alpha value is -0.940. The number of nitrogens with zero attached hydrogens (tertiary/aromatic N) is 3. The first-order chi connectivity index (χ1) is 7.41. The lowest BCUT2D eigenvalue weighted by Gasteiger charge is -2.23. The van der Waals surface area contributed by atoms with Crippen molar-refractivity contribution in [2.24, 2.45) is 7.05 Å². The van der Waals surface area contributed by atoms with Crippen LogP contribution in [0.1, 0.15) is 33.0 Å². The molecular weight excluding hydrogens is 204 g/mol. The van der Waals surface area contributed by atoms with E-state index in [1.54, 1.807) is 4.68 Å². The van der Waals surface area contributed by atoms with E-state index >= 15 is 0 Å². The van der Waals surface area contributed by atoms with Crippen molar-refractivity contribution >= 4 is 0 Å². The summed E-state index contributed by atoms with van der Waals surface area (Å²) in [6.45, 7) is 6.83. The summed E-state index contributed by atoms with van der Waals surface area (Å²) >= 11 is 0. The fourth-order valence-electron chi connectivity index (χ4n) is 1.54. The normalized spacial score (nSPS) is 15.4. The second-order valence-electron chi connectivity index (χ2n) is 4.83. The Labute approximate surface area is 96.9 Å². The average molecular weight is 226 g/mol. The van der Waals surface area contributed by atoms with Crippen LogP contribution in [0.15, 0.2) is 6.33 Å². The van der Waals surface area contributed by atoms with Crippen LogP contribution in [0.4, 0.5) is 0 Å². The van der Waals surface area contributed by atoms with Crippen LogP contribution in [-0.4, -0.2) is 38.1 Å². The van der Waals surface area contributed by atoms with Gasteiger partial charge in [0.05, 0.1) is 5.60 Å². The largest absolute Gasteiger partial charge is 0.390 e. The summed E-state index contributed by atoms with van der Waals surface area (Å²) in [6, 6.07) is 0.450. The Kier molecular flexibility index (Phi) is 4.44. The Bertz CT molecular complexity index is 320. The van der Waals surface area contributed by atoms with Gasteiger partial charge in [0.1, 0.15) is 12.2 Å². The summed E-state index contributed by atoms with van der Waals surface area (Å²) in [7, 11) is 1.84. The number of aromatic nitrogens is 3. The van der Waals surface area contributed by atoms with E-state index in [-0.39, 0.29) is 0 Å². The maximum absolute atomic E-state index is 10.2. The van der Waals surface area contributed by atoms with Gasteiger partial charge in [0, 0.05) is 19.5 Å². The molecule has 0 radical (unpaired) electrons. The molecule has 5 heteroatoms. The minimum Gasteiger partial charge on any atom is -0.390 e. The second-order valence-corrected chi connectivity index (χ2v) is 4.83. The maximum atomic E-state index is 10.2. The molecular formula is C11H22N4O. The summed E-state index contributed by atoms with van der Waals surface area (Å²) in [6.07, 6.45) is 2.75. The lowest BCUT2D eigenvalue weighted by molar-refractivity contribution is 0.0482. The topological polar surface area (TPSA) is 63.0 Å². The van der Waals surface area contributed by atoms with Crippen molar-refractivity contribution in [1.82, 2.24) is 20.1 Å². The Morgan fingerprint density at radius 2 is 2.25 bits per heavy atom. The van der Waals surface area contributed by atoms with Gasteiger partial charge in [0.15, 0.2) is 0 Å². The third-order valence-electron chi connectivity index (χ3n) is 2.56. The molecule has 0 saturated heterocycles. The smallest absolute Gasteiger partial charge is 0.138 e. The zero-order valence-corrected chi connectivity index (χ0v) is 10.6. The molecule has 1 aromatic rings. The molecule has 0 aromatic carbocycles. The third-order valence-corrected chi connectivity index (χ3v) is 2.56. The van der Waals surface area contributed by atoms with Crippen LogP contribution >= 0.6 is 0 Å². The first-order valence-corrected chi connectivity index (χ1v) is 5.69. The molecule has 1 heterocycles. The van der Waals surface area contributed by atoms with Crippen LogP contribution in [0.2, 0.25) is 0 Å². The fraction of sp³-hybridized carbons (Fsp3) is 0.818. The molecule has 0 saturated carbocycles. The quantitative estimate of drug-likeness (QED) is 0.741.